The zero-order valence-corrected chi connectivity index (χ0v) is 57.9. The summed E-state index contributed by atoms with van der Waals surface area (Å²) in [6.45, 7) is 11.5. The van der Waals surface area contributed by atoms with E-state index in [1.165, 1.54) is 66.8 Å². The minimum atomic E-state index is -4.35. The molecular weight excluding hydrogens is 1220 g/mol. The lowest BCUT2D eigenvalue weighted by molar-refractivity contribution is -0.184. The molecule has 0 aromatic carbocycles. The van der Waals surface area contributed by atoms with Crippen molar-refractivity contribution in [1.82, 2.24) is 55.6 Å². The van der Waals surface area contributed by atoms with Gasteiger partial charge >= 0.3 is 6.18 Å². The second kappa shape index (κ2) is 34.6. The van der Waals surface area contributed by atoms with E-state index in [1.54, 1.807) is 13.8 Å². The molecule has 2 heterocycles. The van der Waals surface area contributed by atoms with Gasteiger partial charge in [0, 0.05) is 66.7 Å². The number of alkyl halides is 4. The normalized spacial score (nSPS) is 30.2. The maximum absolute atomic E-state index is 15.2. The lowest BCUT2D eigenvalue weighted by Gasteiger charge is -2.39. The fourth-order valence-corrected chi connectivity index (χ4v) is 14.3. The van der Waals surface area contributed by atoms with E-state index >= 15 is 14.4 Å². The number of rotatable bonds is 11. The Balaban J connectivity index is 1.55. The van der Waals surface area contributed by atoms with E-state index in [9.17, 15) is 51.5 Å². The molecule has 3 aliphatic carbocycles. The molecule has 1 spiro atoms. The molecule has 5 aliphatic rings. The van der Waals surface area contributed by atoms with Gasteiger partial charge < -0.3 is 55.6 Å². The molecule has 5 rings (SSSR count). The van der Waals surface area contributed by atoms with Crippen molar-refractivity contribution in [2.24, 2.45) is 35.5 Å². The summed E-state index contributed by atoms with van der Waals surface area (Å²) in [7, 11) is 8.57. The Morgan fingerprint density at radius 3 is 1.71 bits per heavy atom. The molecule has 0 unspecified atom stereocenters. The van der Waals surface area contributed by atoms with Gasteiger partial charge in [0.2, 0.25) is 65.0 Å². The van der Waals surface area contributed by atoms with E-state index in [-0.39, 0.29) is 113 Å². The van der Waals surface area contributed by atoms with Crippen LogP contribution in [0.25, 0.3) is 0 Å². The van der Waals surface area contributed by atoms with Crippen molar-refractivity contribution in [3.05, 3.63) is 0 Å². The van der Waals surface area contributed by atoms with Crippen LogP contribution in [0.5, 0.6) is 0 Å². The molecular formula is C66H109ClF3N11O11. The van der Waals surface area contributed by atoms with Gasteiger partial charge in [0.15, 0.2) is 0 Å². The van der Waals surface area contributed by atoms with E-state index in [2.05, 4.69) is 21.3 Å². The summed E-state index contributed by atoms with van der Waals surface area (Å²) in [6.07, 6.45) is 2.75. The molecule has 0 bridgehead atoms. The minimum absolute atomic E-state index is 0.0175. The van der Waals surface area contributed by atoms with E-state index in [1.807, 2.05) is 34.6 Å². The van der Waals surface area contributed by atoms with E-state index in [0.29, 0.717) is 64.2 Å². The van der Waals surface area contributed by atoms with Crippen LogP contribution in [0.3, 0.4) is 0 Å². The second-order valence-corrected chi connectivity index (χ2v) is 29.1. The molecule has 2 aliphatic heterocycles. The molecule has 0 aromatic rings. The van der Waals surface area contributed by atoms with E-state index < -0.39 is 150 Å². The van der Waals surface area contributed by atoms with Crippen molar-refractivity contribution in [3.63, 3.8) is 0 Å². The molecule has 0 radical (unpaired) electrons. The molecule has 522 valence electrons. The third kappa shape index (κ3) is 21.1. The van der Waals surface area contributed by atoms with Crippen molar-refractivity contribution in [2.75, 3.05) is 68.5 Å². The lowest BCUT2D eigenvalue weighted by atomic mass is 9.79. The van der Waals surface area contributed by atoms with Crippen molar-refractivity contribution >= 4 is 76.6 Å². The summed E-state index contributed by atoms with van der Waals surface area (Å²) in [5.74, 6) is -8.95. The first-order chi connectivity index (χ1) is 43.1. The van der Waals surface area contributed by atoms with Crippen LogP contribution < -0.4 is 21.3 Å². The van der Waals surface area contributed by atoms with Gasteiger partial charge in [0.05, 0.1) is 25.6 Å². The Morgan fingerprint density at radius 1 is 0.565 bits per heavy atom. The Labute approximate surface area is 549 Å². The predicted molar refractivity (Wildman–Crippen MR) is 343 cm³/mol. The largest absolute Gasteiger partial charge is 0.391 e. The molecule has 4 N–H and O–H groups in total. The van der Waals surface area contributed by atoms with Gasteiger partial charge in [-0.15, -0.1) is 11.6 Å². The molecule has 11 amide bonds. The van der Waals surface area contributed by atoms with Gasteiger partial charge in [-0.05, 0) is 152 Å². The first-order valence-corrected chi connectivity index (χ1v) is 34.3. The van der Waals surface area contributed by atoms with Crippen LogP contribution in [0.2, 0.25) is 0 Å². The zero-order valence-electron chi connectivity index (χ0n) is 57.1. The smallest absolute Gasteiger partial charge is 0.351 e. The first kappa shape index (κ1) is 77.0. The van der Waals surface area contributed by atoms with Crippen molar-refractivity contribution in [2.45, 2.75) is 249 Å². The molecule has 22 nitrogen and oxygen atoms in total. The fourth-order valence-electron chi connectivity index (χ4n) is 14.1. The second-order valence-electron chi connectivity index (χ2n) is 28.5. The molecule has 3 saturated carbocycles. The minimum Gasteiger partial charge on any atom is -0.351 e. The monoisotopic (exact) mass is 1320 g/mol. The maximum Gasteiger partial charge on any atom is 0.391 e. The van der Waals surface area contributed by atoms with Crippen LogP contribution in [0.4, 0.5) is 13.2 Å². The SMILES string of the molecule is CC[C@H](C)[C@@H]1NC(=O)[C@@H]2CCCCN2C(=O)C[C@@H](C)NC(=O)[C@H](CC(C)C)N(C)C(=O)C2(CCCC2)NC(=O)[C@H](CC(C)C)N(C)C(=O)[C@H](CCC2CCC(C(F)(F)F)CC2)NC(=O)CN(C)C(=O)[C@H](CC2CCC(Cl)CC2)N(C)C(=O)CN(C)C(=O)CN(C)C1=O. The van der Waals surface area contributed by atoms with Crippen molar-refractivity contribution < 1.29 is 65.9 Å². The van der Waals surface area contributed by atoms with Gasteiger partial charge in [-0.3, -0.25) is 52.7 Å². The number of nitrogens with zero attached hydrogens (tertiary/aromatic N) is 7. The maximum atomic E-state index is 15.2. The van der Waals surface area contributed by atoms with Crippen molar-refractivity contribution in [3.8, 4) is 0 Å². The van der Waals surface area contributed by atoms with E-state index in [4.69, 9.17) is 11.6 Å². The van der Waals surface area contributed by atoms with Crippen LogP contribution in [0, 0.1) is 35.5 Å². The lowest BCUT2D eigenvalue weighted by Crippen LogP contribution is -2.64. The summed E-state index contributed by atoms with van der Waals surface area (Å²) in [6, 6.07) is -7.55. The van der Waals surface area contributed by atoms with Crippen LogP contribution in [-0.2, 0) is 52.7 Å². The van der Waals surface area contributed by atoms with Gasteiger partial charge in [0.1, 0.15) is 41.8 Å². The number of likely N-dealkylation sites (N-methyl/N-ethyl adjacent to an activating group) is 6. The van der Waals surface area contributed by atoms with Gasteiger partial charge in [-0.1, -0.05) is 60.8 Å². The van der Waals surface area contributed by atoms with Crippen LogP contribution >= 0.6 is 11.6 Å². The number of halogens is 4. The van der Waals surface area contributed by atoms with Crippen LogP contribution in [0.1, 0.15) is 190 Å². The van der Waals surface area contributed by atoms with Gasteiger partial charge in [-0.2, -0.15) is 13.2 Å². The first-order valence-electron chi connectivity index (χ1n) is 33.8. The van der Waals surface area contributed by atoms with Crippen LogP contribution in [0.15, 0.2) is 0 Å². The number of hydrogen-bond acceptors (Lipinski definition) is 11. The molecule has 0 aromatic heterocycles. The van der Waals surface area contributed by atoms with Crippen molar-refractivity contribution in [1.29, 1.82) is 0 Å². The average Bonchev–Trinajstić information content (AvgIpc) is 1.48. The number of amides is 11. The topological polar surface area (TPSA) is 259 Å². The van der Waals surface area contributed by atoms with E-state index in [0.717, 1.165) is 9.80 Å². The fraction of sp³-hybridized carbons (Fsp3) is 0.833. The zero-order chi connectivity index (χ0) is 68.7. The average molecular weight is 1330 g/mol. The summed E-state index contributed by atoms with van der Waals surface area (Å²) < 4.78 is 41.4. The number of fused-ring (bicyclic) bond motifs is 1. The number of piperidine rings is 1. The summed E-state index contributed by atoms with van der Waals surface area (Å²) in [5, 5.41) is 11.7. The van der Waals surface area contributed by atoms with Crippen LogP contribution in [-0.4, -0.2) is 227 Å². The number of nitrogens with one attached hydrogen (secondary N) is 4. The standard InChI is InChI=1S/C66H109ClF3N11O11/c1-14-42(6)57-63(91)77(10)38-55(84)75(8)39-56(85)78(11)52(36-45-22-27-47(67)28-23-45)62(90)76(9)37-53(82)72-48(29-24-44-20-25-46(26-21-44)66(68,69)70)61(89)79(12)51(34-41(4)5)60(88)74-65(30-16-17-31-65)64(92)80(13)50(33-40(2)3)59(87)71-43(7)35-54(83)81-32-18-15-19-49(81)58(86)73-57/h40-52,57H,14-39H2,1-13H3,(H,71,87)(H,72,82)(H,73,86)(H,74,88)/t42-,43+,44?,45?,46?,47?,48-,49-,50-,51-,52-,57-/m0/s1. The third-order valence-electron chi connectivity index (χ3n) is 20.2. The highest BCUT2D eigenvalue weighted by Gasteiger charge is 2.49. The number of carbonyl (C=O) groups excluding carboxylic acids is 11. The third-order valence-corrected chi connectivity index (χ3v) is 20.6. The Kier molecular flexibility index (Phi) is 28.9. The summed E-state index contributed by atoms with van der Waals surface area (Å²) >= 11 is 6.49. The summed E-state index contributed by atoms with van der Waals surface area (Å²) in [5.41, 5.74) is -1.50. The molecule has 2 saturated heterocycles. The van der Waals surface area contributed by atoms with Gasteiger partial charge in [-0.25, -0.2) is 0 Å². The highest BCUT2D eigenvalue weighted by molar-refractivity contribution is 6.20. The number of hydrogen-bond donors (Lipinski definition) is 4. The number of carbonyl (C=O) groups is 11. The highest BCUT2D eigenvalue weighted by Crippen LogP contribution is 2.41. The molecule has 5 fully saturated rings. The highest BCUT2D eigenvalue weighted by atomic mass is 35.5. The predicted octanol–water partition coefficient (Wildman–Crippen LogP) is 6.01. The molecule has 8 atom stereocenters. The quantitative estimate of drug-likeness (QED) is 0.174. The van der Waals surface area contributed by atoms with Gasteiger partial charge in [0.25, 0.3) is 0 Å². The molecule has 92 heavy (non-hydrogen) atoms. The Hall–Kier alpha value is -5.75. The summed E-state index contributed by atoms with van der Waals surface area (Å²) in [4.78, 5) is 169. The molecule has 26 heteroatoms. The Morgan fingerprint density at radius 2 is 1.13 bits per heavy atom. The Bertz CT molecular complexity index is 2580.